The zero-order chi connectivity index (χ0) is 22.0. The minimum Gasteiger partial charge on any atom is -0.324 e. The van der Waals surface area contributed by atoms with Gasteiger partial charge >= 0.3 is 0 Å². The Morgan fingerprint density at radius 1 is 0.839 bits per heavy atom. The number of fused-ring (bicyclic) bond motifs is 1. The SMILES string of the molecule is C=CC[N+](C)(C)CCN1C(=O)C2C(c3ccccc3)C=CC(c3ccccc3)C2C1=O. The number of hydrogen-bond acceptors (Lipinski definition) is 2. The molecule has 4 nitrogen and oxygen atoms in total. The van der Waals surface area contributed by atoms with Crippen LogP contribution >= 0.6 is 0 Å². The van der Waals surface area contributed by atoms with Crippen LogP contribution in [0.5, 0.6) is 0 Å². The van der Waals surface area contributed by atoms with Crippen molar-refractivity contribution in [2.45, 2.75) is 11.8 Å². The second kappa shape index (κ2) is 8.64. The van der Waals surface area contributed by atoms with Crippen molar-refractivity contribution in [1.29, 1.82) is 0 Å². The van der Waals surface area contributed by atoms with Gasteiger partial charge in [0.2, 0.25) is 11.8 Å². The minimum atomic E-state index is -0.361. The first-order valence-corrected chi connectivity index (χ1v) is 11.0. The molecule has 1 aliphatic carbocycles. The van der Waals surface area contributed by atoms with E-state index in [1.165, 1.54) is 4.90 Å². The first kappa shape index (κ1) is 21.3. The molecule has 4 heteroatoms. The van der Waals surface area contributed by atoms with Crippen LogP contribution in [0.2, 0.25) is 0 Å². The Morgan fingerprint density at radius 3 is 1.71 bits per heavy atom. The molecule has 2 aliphatic rings. The van der Waals surface area contributed by atoms with Crippen LogP contribution in [0.25, 0.3) is 0 Å². The van der Waals surface area contributed by atoms with E-state index in [0.29, 0.717) is 17.6 Å². The topological polar surface area (TPSA) is 37.4 Å². The molecule has 0 N–H and O–H groups in total. The third-order valence-electron chi connectivity index (χ3n) is 6.71. The summed E-state index contributed by atoms with van der Waals surface area (Å²) in [6.07, 6.45) is 6.16. The summed E-state index contributed by atoms with van der Waals surface area (Å²) in [6.45, 7) is 5.78. The summed E-state index contributed by atoms with van der Waals surface area (Å²) in [5.74, 6) is -0.952. The van der Waals surface area contributed by atoms with Gasteiger partial charge in [0, 0.05) is 11.8 Å². The summed E-state index contributed by atoms with van der Waals surface area (Å²) >= 11 is 0. The number of quaternary nitrogens is 1. The number of likely N-dealkylation sites (tertiary alicyclic amines) is 1. The molecule has 0 radical (unpaired) electrons. The average molecular weight is 416 g/mol. The van der Waals surface area contributed by atoms with Crippen molar-refractivity contribution in [1.82, 2.24) is 4.90 Å². The maximum Gasteiger partial charge on any atom is 0.234 e. The van der Waals surface area contributed by atoms with Gasteiger partial charge in [-0.2, -0.15) is 0 Å². The second-order valence-corrected chi connectivity index (χ2v) is 9.27. The molecule has 2 aromatic rings. The van der Waals surface area contributed by atoms with E-state index in [1.807, 2.05) is 42.5 Å². The molecule has 31 heavy (non-hydrogen) atoms. The van der Waals surface area contributed by atoms with E-state index in [2.05, 4.69) is 57.1 Å². The van der Waals surface area contributed by atoms with Crippen LogP contribution in [0.3, 0.4) is 0 Å². The smallest absolute Gasteiger partial charge is 0.234 e. The molecule has 1 saturated heterocycles. The van der Waals surface area contributed by atoms with E-state index in [4.69, 9.17) is 0 Å². The molecule has 0 saturated carbocycles. The van der Waals surface area contributed by atoms with Crippen molar-refractivity contribution in [2.24, 2.45) is 11.8 Å². The van der Waals surface area contributed by atoms with E-state index in [0.717, 1.165) is 17.7 Å². The minimum absolute atomic E-state index is 0.0345. The third kappa shape index (κ3) is 4.13. The lowest BCUT2D eigenvalue weighted by molar-refractivity contribution is -0.883. The fourth-order valence-corrected chi connectivity index (χ4v) is 5.03. The molecule has 4 atom stereocenters. The number of nitrogens with zero attached hydrogens (tertiary/aromatic N) is 2. The molecule has 2 amide bonds. The van der Waals surface area contributed by atoms with Crippen molar-refractivity contribution in [3.8, 4) is 0 Å². The first-order valence-electron chi connectivity index (χ1n) is 11.0. The molecular weight excluding hydrogens is 384 g/mol. The van der Waals surface area contributed by atoms with Crippen molar-refractivity contribution in [3.63, 3.8) is 0 Å². The number of likely N-dealkylation sites (N-methyl/N-ethyl adjacent to an activating group) is 1. The molecule has 2 aromatic carbocycles. The lowest BCUT2D eigenvalue weighted by Crippen LogP contribution is -2.47. The highest BCUT2D eigenvalue weighted by Crippen LogP contribution is 2.49. The summed E-state index contributed by atoms with van der Waals surface area (Å²) in [6, 6.07) is 20.2. The lowest BCUT2D eigenvalue weighted by atomic mass is 9.68. The van der Waals surface area contributed by atoms with E-state index in [9.17, 15) is 9.59 Å². The zero-order valence-corrected chi connectivity index (χ0v) is 18.4. The van der Waals surface area contributed by atoms with Crippen LogP contribution in [0, 0.1) is 11.8 Å². The molecule has 160 valence electrons. The highest BCUT2D eigenvalue weighted by Gasteiger charge is 2.55. The van der Waals surface area contributed by atoms with Gasteiger partial charge in [-0.15, -0.1) is 0 Å². The number of amides is 2. The second-order valence-electron chi connectivity index (χ2n) is 9.27. The Bertz CT molecular complexity index is 913. The number of hydrogen-bond donors (Lipinski definition) is 0. The molecule has 1 fully saturated rings. The highest BCUT2D eigenvalue weighted by molar-refractivity contribution is 6.06. The molecular formula is C27H31N2O2+. The number of benzene rings is 2. The predicted molar refractivity (Wildman–Crippen MR) is 123 cm³/mol. The lowest BCUT2D eigenvalue weighted by Gasteiger charge is -2.32. The van der Waals surface area contributed by atoms with E-state index < -0.39 is 0 Å². The Kier molecular flexibility index (Phi) is 5.92. The van der Waals surface area contributed by atoms with Crippen LogP contribution in [0.4, 0.5) is 0 Å². The fourth-order valence-electron chi connectivity index (χ4n) is 5.03. The van der Waals surface area contributed by atoms with Gasteiger partial charge in [-0.25, -0.2) is 0 Å². The number of imide groups is 1. The fraction of sp³-hybridized carbons (Fsp3) is 0.333. The third-order valence-corrected chi connectivity index (χ3v) is 6.71. The van der Waals surface area contributed by atoms with Gasteiger partial charge in [0.05, 0.1) is 45.6 Å². The Balaban J connectivity index is 1.69. The summed E-state index contributed by atoms with van der Waals surface area (Å²) in [4.78, 5) is 28.8. The van der Waals surface area contributed by atoms with Crippen molar-refractivity contribution in [3.05, 3.63) is 96.6 Å². The largest absolute Gasteiger partial charge is 0.324 e. The highest BCUT2D eigenvalue weighted by atomic mass is 16.2. The normalized spacial score (nSPS) is 25.5. The van der Waals surface area contributed by atoms with Crippen LogP contribution in [-0.4, -0.2) is 54.9 Å². The van der Waals surface area contributed by atoms with Crippen LogP contribution in [-0.2, 0) is 9.59 Å². The van der Waals surface area contributed by atoms with Gasteiger partial charge in [0.15, 0.2) is 0 Å². The molecule has 0 aromatic heterocycles. The molecule has 1 aliphatic heterocycles. The number of rotatable bonds is 7. The standard InChI is InChI=1S/C27H31N2O2/c1-4-18-29(2,3)19-17-28-26(30)24-22(20-11-7-5-8-12-20)15-16-23(25(24)27(28)31)21-13-9-6-10-14-21/h4-16,22-25H,1,17-19H2,2-3H3/q+1. The number of carbonyl (C=O) groups excluding carboxylic acids is 2. The Labute approximate surface area is 185 Å². The average Bonchev–Trinajstić information content (AvgIpc) is 3.03. The van der Waals surface area contributed by atoms with Gasteiger partial charge in [0.25, 0.3) is 0 Å². The Hall–Kier alpha value is -2.98. The zero-order valence-electron chi connectivity index (χ0n) is 18.4. The summed E-state index contributed by atoms with van der Waals surface area (Å²) in [7, 11) is 4.20. The van der Waals surface area contributed by atoms with Gasteiger partial charge in [-0.1, -0.05) is 79.4 Å². The monoisotopic (exact) mass is 415 g/mol. The van der Waals surface area contributed by atoms with E-state index in [1.54, 1.807) is 0 Å². The Morgan fingerprint density at radius 2 is 1.29 bits per heavy atom. The van der Waals surface area contributed by atoms with Gasteiger partial charge in [-0.3, -0.25) is 14.5 Å². The maximum atomic E-state index is 13.6. The van der Waals surface area contributed by atoms with Crippen molar-refractivity contribution >= 4 is 11.8 Å². The van der Waals surface area contributed by atoms with E-state index >= 15 is 0 Å². The quantitative estimate of drug-likeness (QED) is 0.390. The predicted octanol–water partition coefficient (Wildman–Crippen LogP) is 3.99. The van der Waals surface area contributed by atoms with Gasteiger partial charge < -0.3 is 4.48 Å². The first-order chi connectivity index (χ1) is 14.9. The maximum absolute atomic E-state index is 13.6. The molecule has 1 heterocycles. The van der Waals surface area contributed by atoms with Crippen LogP contribution in [0.1, 0.15) is 23.0 Å². The number of allylic oxidation sites excluding steroid dienone is 2. The van der Waals surface area contributed by atoms with Gasteiger partial charge in [0.1, 0.15) is 0 Å². The van der Waals surface area contributed by atoms with Gasteiger partial charge in [-0.05, 0) is 17.2 Å². The summed E-state index contributed by atoms with van der Waals surface area (Å²) in [5, 5.41) is 0. The van der Waals surface area contributed by atoms with E-state index in [-0.39, 0.29) is 35.5 Å². The molecule has 0 spiro atoms. The molecule has 0 bridgehead atoms. The van der Waals surface area contributed by atoms with Crippen molar-refractivity contribution in [2.75, 3.05) is 33.7 Å². The molecule has 4 rings (SSSR count). The van der Waals surface area contributed by atoms with Crippen LogP contribution in [0.15, 0.2) is 85.5 Å². The number of carbonyl (C=O) groups is 2. The van der Waals surface area contributed by atoms with Crippen LogP contribution < -0.4 is 0 Å². The van der Waals surface area contributed by atoms with Crippen molar-refractivity contribution < 1.29 is 14.1 Å². The summed E-state index contributed by atoms with van der Waals surface area (Å²) in [5.41, 5.74) is 2.18. The summed E-state index contributed by atoms with van der Waals surface area (Å²) < 4.78 is 0.693. The molecule has 4 unspecified atom stereocenters.